The van der Waals surface area contributed by atoms with E-state index in [0.717, 1.165) is 31.6 Å². The van der Waals surface area contributed by atoms with Gasteiger partial charge in [0.2, 0.25) is 10.0 Å². The van der Waals surface area contributed by atoms with Crippen molar-refractivity contribution in [2.45, 2.75) is 50.2 Å². The summed E-state index contributed by atoms with van der Waals surface area (Å²) in [6, 6.07) is 6.92. The lowest BCUT2D eigenvalue weighted by atomic mass is 10.0. The number of rotatable bonds is 4. The number of nitrogens with one attached hydrogen (secondary N) is 2. The van der Waals surface area contributed by atoms with Crippen molar-refractivity contribution in [3.63, 3.8) is 0 Å². The highest BCUT2D eigenvalue weighted by atomic mass is 32.2. The van der Waals surface area contributed by atoms with E-state index < -0.39 is 15.6 Å². The SMILES string of the molecule is CNS(=O)(=O)c1ccc(N2CCC(NC(=O)OC(C)(C)C)CC2)cc1. The van der Waals surface area contributed by atoms with E-state index in [9.17, 15) is 13.2 Å². The van der Waals surface area contributed by atoms with E-state index in [1.54, 1.807) is 12.1 Å². The maximum absolute atomic E-state index is 11.8. The van der Waals surface area contributed by atoms with Crippen LogP contribution in [-0.4, -0.2) is 46.3 Å². The number of hydrogen-bond acceptors (Lipinski definition) is 5. The lowest BCUT2D eigenvalue weighted by Gasteiger charge is -2.34. The van der Waals surface area contributed by atoms with Crippen LogP contribution in [0.5, 0.6) is 0 Å². The lowest BCUT2D eigenvalue weighted by Crippen LogP contribution is -2.46. The molecule has 0 aliphatic carbocycles. The quantitative estimate of drug-likeness (QED) is 0.848. The maximum Gasteiger partial charge on any atom is 0.407 e. The number of anilines is 1. The third kappa shape index (κ3) is 5.61. The average molecular weight is 369 g/mol. The zero-order valence-electron chi connectivity index (χ0n) is 15.2. The van der Waals surface area contributed by atoms with E-state index in [1.807, 2.05) is 32.9 Å². The normalized spacial score (nSPS) is 16.6. The Hall–Kier alpha value is -1.80. The molecule has 0 unspecified atom stereocenters. The molecule has 0 radical (unpaired) electrons. The number of sulfonamides is 1. The molecule has 1 aromatic carbocycles. The highest BCUT2D eigenvalue weighted by molar-refractivity contribution is 7.89. The number of ether oxygens (including phenoxy) is 1. The smallest absolute Gasteiger partial charge is 0.407 e. The first kappa shape index (κ1) is 19.5. The number of alkyl carbamates (subject to hydrolysis) is 1. The van der Waals surface area contributed by atoms with Crippen LogP contribution in [0.25, 0.3) is 0 Å². The molecule has 0 aromatic heterocycles. The van der Waals surface area contributed by atoms with Gasteiger partial charge in [0.1, 0.15) is 5.60 Å². The van der Waals surface area contributed by atoms with Crippen LogP contribution in [0.4, 0.5) is 10.5 Å². The van der Waals surface area contributed by atoms with E-state index in [4.69, 9.17) is 4.74 Å². The minimum atomic E-state index is -3.41. The molecule has 1 fully saturated rings. The van der Waals surface area contributed by atoms with Crippen molar-refractivity contribution in [2.24, 2.45) is 0 Å². The van der Waals surface area contributed by atoms with Gasteiger partial charge in [0.05, 0.1) is 4.90 Å². The minimum Gasteiger partial charge on any atom is -0.444 e. The van der Waals surface area contributed by atoms with Crippen molar-refractivity contribution < 1.29 is 17.9 Å². The van der Waals surface area contributed by atoms with Crippen LogP contribution < -0.4 is 14.9 Å². The molecule has 1 aliphatic heterocycles. The number of nitrogens with zero attached hydrogens (tertiary/aromatic N) is 1. The van der Waals surface area contributed by atoms with Gasteiger partial charge in [0.15, 0.2) is 0 Å². The molecule has 1 aliphatic rings. The Labute approximate surface area is 149 Å². The summed E-state index contributed by atoms with van der Waals surface area (Å²) in [6.45, 7) is 7.10. The molecule has 1 amide bonds. The Balaban J connectivity index is 1.89. The molecule has 0 spiro atoms. The molecule has 1 heterocycles. The van der Waals surface area contributed by atoms with Crippen molar-refractivity contribution >= 4 is 21.8 Å². The van der Waals surface area contributed by atoms with Crippen molar-refractivity contribution in [3.8, 4) is 0 Å². The highest BCUT2D eigenvalue weighted by Gasteiger charge is 2.24. The Morgan fingerprint density at radius 2 is 1.72 bits per heavy atom. The second-order valence-corrected chi connectivity index (χ2v) is 9.00. The molecule has 2 N–H and O–H groups in total. The molecule has 0 saturated carbocycles. The number of piperidine rings is 1. The van der Waals surface area contributed by atoms with Gasteiger partial charge >= 0.3 is 6.09 Å². The fourth-order valence-corrected chi connectivity index (χ4v) is 3.44. The topological polar surface area (TPSA) is 87.7 Å². The summed E-state index contributed by atoms with van der Waals surface area (Å²) >= 11 is 0. The second kappa shape index (κ2) is 7.61. The zero-order valence-corrected chi connectivity index (χ0v) is 16.0. The van der Waals surface area contributed by atoms with Gasteiger partial charge in [0.25, 0.3) is 0 Å². The second-order valence-electron chi connectivity index (χ2n) is 7.11. The summed E-state index contributed by atoms with van der Waals surface area (Å²) < 4.78 is 31.1. The molecule has 140 valence electrons. The molecular formula is C17H27N3O4S. The van der Waals surface area contributed by atoms with Crippen molar-refractivity contribution in [3.05, 3.63) is 24.3 Å². The van der Waals surface area contributed by atoms with Gasteiger partial charge in [-0.15, -0.1) is 0 Å². The number of hydrogen-bond donors (Lipinski definition) is 2. The number of carbonyl (C=O) groups excluding carboxylic acids is 1. The third-order valence-electron chi connectivity index (χ3n) is 4.00. The molecule has 2 rings (SSSR count). The highest BCUT2D eigenvalue weighted by Crippen LogP contribution is 2.22. The molecule has 8 heteroatoms. The number of carbonyl (C=O) groups is 1. The molecule has 7 nitrogen and oxygen atoms in total. The van der Waals surface area contributed by atoms with Crippen LogP contribution in [0.15, 0.2) is 29.2 Å². The Kier molecular flexibility index (Phi) is 5.95. The predicted octanol–water partition coefficient (Wildman–Crippen LogP) is 2.09. The first-order chi connectivity index (χ1) is 11.6. The van der Waals surface area contributed by atoms with Gasteiger partial charge in [-0.1, -0.05) is 0 Å². The summed E-state index contributed by atoms with van der Waals surface area (Å²) in [6.07, 6.45) is 1.25. The van der Waals surface area contributed by atoms with Crippen LogP contribution in [0.3, 0.4) is 0 Å². The maximum atomic E-state index is 11.8. The van der Waals surface area contributed by atoms with E-state index in [0.29, 0.717) is 0 Å². The van der Waals surface area contributed by atoms with Crippen LogP contribution in [0.2, 0.25) is 0 Å². The monoisotopic (exact) mass is 369 g/mol. The van der Waals surface area contributed by atoms with Gasteiger partial charge in [-0.2, -0.15) is 0 Å². The molecule has 1 aromatic rings. The fourth-order valence-electron chi connectivity index (χ4n) is 2.71. The summed E-state index contributed by atoms with van der Waals surface area (Å²) in [4.78, 5) is 14.3. The van der Waals surface area contributed by atoms with E-state index >= 15 is 0 Å². The lowest BCUT2D eigenvalue weighted by molar-refractivity contribution is 0.0497. The van der Waals surface area contributed by atoms with Crippen LogP contribution >= 0.6 is 0 Å². The Morgan fingerprint density at radius 1 is 1.16 bits per heavy atom. The Morgan fingerprint density at radius 3 is 2.20 bits per heavy atom. The first-order valence-corrected chi connectivity index (χ1v) is 9.87. The fraction of sp³-hybridized carbons (Fsp3) is 0.588. The van der Waals surface area contributed by atoms with E-state index in [-0.39, 0.29) is 17.0 Å². The Bertz CT molecular complexity index is 688. The summed E-state index contributed by atoms with van der Waals surface area (Å²) in [5.74, 6) is 0. The molecule has 1 saturated heterocycles. The van der Waals surface area contributed by atoms with Crippen LogP contribution in [0.1, 0.15) is 33.6 Å². The van der Waals surface area contributed by atoms with Crippen molar-refractivity contribution in [2.75, 3.05) is 25.0 Å². The summed E-state index contributed by atoms with van der Waals surface area (Å²) in [5, 5.41) is 2.91. The zero-order chi connectivity index (χ0) is 18.7. The molecule has 0 atom stereocenters. The number of benzene rings is 1. The predicted molar refractivity (Wildman–Crippen MR) is 97.3 cm³/mol. The van der Waals surface area contributed by atoms with Gasteiger partial charge < -0.3 is 15.0 Å². The van der Waals surface area contributed by atoms with Gasteiger partial charge in [-0.25, -0.2) is 17.9 Å². The molecule has 0 bridgehead atoms. The first-order valence-electron chi connectivity index (χ1n) is 8.39. The van der Waals surface area contributed by atoms with Gasteiger partial charge in [-0.05, 0) is 64.9 Å². The van der Waals surface area contributed by atoms with Crippen LogP contribution in [0, 0.1) is 0 Å². The summed E-state index contributed by atoms with van der Waals surface area (Å²) in [7, 11) is -2.02. The largest absolute Gasteiger partial charge is 0.444 e. The van der Waals surface area contributed by atoms with E-state index in [1.165, 1.54) is 7.05 Å². The average Bonchev–Trinajstić information content (AvgIpc) is 2.54. The third-order valence-corrected chi connectivity index (χ3v) is 5.43. The van der Waals surface area contributed by atoms with Gasteiger partial charge in [-0.3, -0.25) is 0 Å². The van der Waals surface area contributed by atoms with Crippen LogP contribution in [-0.2, 0) is 14.8 Å². The van der Waals surface area contributed by atoms with E-state index in [2.05, 4.69) is 14.9 Å². The van der Waals surface area contributed by atoms with Crippen molar-refractivity contribution in [1.82, 2.24) is 10.0 Å². The summed E-state index contributed by atoms with van der Waals surface area (Å²) in [5.41, 5.74) is 0.478. The molecular weight excluding hydrogens is 342 g/mol. The number of amides is 1. The van der Waals surface area contributed by atoms with Crippen molar-refractivity contribution in [1.29, 1.82) is 0 Å². The standard InChI is InChI=1S/C17H27N3O4S/c1-17(2,3)24-16(21)19-13-9-11-20(12-10-13)14-5-7-15(8-6-14)25(22,23)18-4/h5-8,13,18H,9-12H2,1-4H3,(H,19,21). The minimum absolute atomic E-state index is 0.0926. The molecule has 25 heavy (non-hydrogen) atoms. The van der Waals surface area contributed by atoms with Gasteiger partial charge in [0, 0.05) is 24.8 Å².